The lowest BCUT2D eigenvalue weighted by atomic mass is 10.1. The second-order valence-corrected chi connectivity index (χ2v) is 2.53. The molecule has 1 nitrogen and oxygen atoms in total. The predicted molar refractivity (Wildman–Crippen MR) is 44.0 cm³/mol. The average molecular weight is 174 g/mol. The van der Waals surface area contributed by atoms with E-state index < -0.39 is 0 Å². The summed E-state index contributed by atoms with van der Waals surface area (Å²) in [6.07, 6.45) is 0.751. The maximum atomic E-state index is 12.5. The summed E-state index contributed by atoms with van der Waals surface area (Å²) in [4.78, 5) is 2.49. The fourth-order valence-electron chi connectivity index (χ4n) is 0.884. The van der Waals surface area contributed by atoms with Gasteiger partial charge in [-0.25, -0.2) is 9.23 Å². The Morgan fingerprint density at radius 1 is 1.45 bits per heavy atom. The molecule has 1 aromatic rings. The first-order valence-corrected chi connectivity index (χ1v) is 3.78. The molecule has 0 saturated carbocycles. The molecular formula is C8H9ClFN. The molecular weight excluding hydrogens is 165 g/mol. The van der Waals surface area contributed by atoms with Crippen molar-refractivity contribution in [2.75, 3.05) is 6.54 Å². The number of rotatable bonds is 3. The number of hydrogen-bond acceptors (Lipinski definition) is 1. The zero-order valence-corrected chi connectivity index (χ0v) is 6.74. The van der Waals surface area contributed by atoms with Gasteiger partial charge in [0.1, 0.15) is 5.82 Å². The van der Waals surface area contributed by atoms with Gasteiger partial charge in [0.05, 0.1) is 0 Å². The topological polar surface area (TPSA) is 12.0 Å². The summed E-state index contributed by atoms with van der Waals surface area (Å²) in [5.74, 6) is -0.197. The van der Waals surface area contributed by atoms with E-state index in [0.717, 1.165) is 12.0 Å². The Balaban J connectivity index is 2.56. The van der Waals surface area contributed by atoms with Crippen LogP contribution in [0.4, 0.5) is 4.39 Å². The van der Waals surface area contributed by atoms with Crippen LogP contribution in [0.3, 0.4) is 0 Å². The lowest BCUT2D eigenvalue weighted by molar-refractivity contribution is 0.625. The van der Waals surface area contributed by atoms with Crippen LogP contribution < -0.4 is 4.84 Å². The molecule has 0 atom stereocenters. The molecule has 1 rings (SSSR count). The minimum atomic E-state index is -0.197. The Bertz CT molecular complexity index is 227. The van der Waals surface area contributed by atoms with E-state index in [2.05, 4.69) is 4.84 Å². The predicted octanol–water partition coefficient (Wildman–Crippen LogP) is 2.11. The van der Waals surface area contributed by atoms with Crippen LogP contribution in [-0.4, -0.2) is 6.54 Å². The van der Waals surface area contributed by atoms with Crippen LogP contribution in [0, 0.1) is 5.82 Å². The van der Waals surface area contributed by atoms with Gasteiger partial charge in [0.15, 0.2) is 0 Å². The summed E-state index contributed by atoms with van der Waals surface area (Å²) in [6, 6.07) is 6.50. The van der Waals surface area contributed by atoms with Gasteiger partial charge < -0.3 is 0 Å². The molecule has 0 bridgehead atoms. The van der Waals surface area contributed by atoms with Crippen LogP contribution in [0.2, 0.25) is 0 Å². The Morgan fingerprint density at radius 2 is 2.27 bits per heavy atom. The Morgan fingerprint density at radius 3 is 2.91 bits per heavy atom. The summed E-state index contributed by atoms with van der Waals surface area (Å²) in [6.45, 7) is 0.658. The van der Waals surface area contributed by atoms with Crippen LogP contribution >= 0.6 is 11.8 Å². The lowest BCUT2D eigenvalue weighted by Crippen LogP contribution is -2.04. The molecule has 0 aliphatic carbocycles. The molecule has 0 unspecified atom stereocenters. The van der Waals surface area contributed by atoms with E-state index in [1.54, 1.807) is 6.07 Å². The largest absolute Gasteiger partial charge is 0.233 e. The minimum Gasteiger partial charge on any atom is -0.233 e. The number of nitrogens with one attached hydrogen (secondary N) is 1. The minimum absolute atomic E-state index is 0.197. The molecule has 0 spiro atoms. The smallest absolute Gasteiger partial charge is 0.123 e. The van der Waals surface area contributed by atoms with E-state index in [4.69, 9.17) is 11.8 Å². The summed E-state index contributed by atoms with van der Waals surface area (Å²) in [5, 5.41) is 0. The van der Waals surface area contributed by atoms with Crippen molar-refractivity contribution in [3.8, 4) is 0 Å². The van der Waals surface area contributed by atoms with Gasteiger partial charge in [-0.2, -0.15) is 0 Å². The second-order valence-electron chi connectivity index (χ2n) is 2.26. The van der Waals surface area contributed by atoms with Gasteiger partial charge in [-0.05, 0) is 35.9 Å². The van der Waals surface area contributed by atoms with Crippen molar-refractivity contribution >= 4 is 11.8 Å². The second kappa shape index (κ2) is 4.31. The fraction of sp³-hybridized carbons (Fsp3) is 0.250. The quantitative estimate of drug-likeness (QED) is 0.691. The normalized spacial score (nSPS) is 10.0. The van der Waals surface area contributed by atoms with Crippen molar-refractivity contribution < 1.29 is 4.39 Å². The standard InChI is InChI=1S/C8H9ClFN/c9-11-5-4-7-2-1-3-8(10)6-7/h1-3,6,11H,4-5H2. The molecule has 11 heavy (non-hydrogen) atoms. The van der Waals surface area contributed by atoms with Gasteiger partial charge in [0, 0.05) is 6.54 Å². The van der Waals surface area contributed by atoms with E-state index in [0.29, 0.717) is 6.54 Å². The molecule has 1 aromatic carbocycles. The molecule has 0 radical (unpaired) electrons. The first-order valence-electron chi connectivity index (χ1n) is 3.41. The third-order valence-electron chi connectivity index (χ3n) is 1.40. The summed E-state index contributed by atoms with van der Waals surface area (Å²) in [5.41, 5.74) is 0.957. The van der Waals surface area contributed by atoms with Crippen molar-refractivity contribution in [3.63, 3.8) is 0 Å². The summed E-state index contributed by atoms with van der Waals surface area (Å²) >= 11 is 5.25. The fourth-order valence-corrected chi connectivity index (χ4v) is 0.979. The zero-order chi connectivity index (χ0) is 8.10. The molecule has 3 heteroatoms. The highest BCUT2D eigenvalue weighted by molar-refractivity contribution is 6.13. The van der Waals surface area contributed by atoms with E-state index >= 15 is 0 Å². The van der Waals surface area contributed by atoms with Crippen molar-refractivity contribution in [1.29, 1.82) is 0 Å². The SMILES string of the molecule is Fc1cccc(CCNCl)c1. The Kier molecular flexibility index (Phi) is 3.33. The van der Waals surface area contributed by atoms with Gasteiger partial charge in [-0.3, -0.25) is 0 Å². The number of benzene rings is 1. The molecule has 1 N–H and O–H groups in total. The van der Waals surface area contributed by atoms with Gasteiger partial charge in [-0.1, -0.05) is 12.1 Å². The van der Waals surface area contributed by atoms with E-state index in [1.807, 2.05) is 6.07 Å². The van der Waals surface area contributed by atoms with Crippen LogP contribution in [-0.2, 0) is 6.42 Å². The Hall–Kier alpha value is -0.600. The number of hydrogen-bond donors (Lipinski definition) is 1. The molecule has 0 heterocycles. The molecule has 0 amide bonds. The molecule has 0 aromatic heterocycles. The molecule has 60 valence electrons. The third kappa shape index (κ3) is 2.87. The van der Waals surface area contributed by atoms with E-state index in [1.165, 1.54) is 12.1 Å². The highest BCUT2D eigenvalue weighted by atomic mass is 35.5. The highest BCUT2D eigenvalue weighted by Crippen LogP contribution is 2.03. The van der Waals surface area contributed by atoms with Crippen molar-refractivity contribution in [3.05, 3.63) is 35.6 Å². The van der Waals surface area contributed by atoms with Crippen LogP contribution in [0.15, 0.2) is 24.3 Å². The monoisotopic (exact) mass is 173 g/mol. The van der Waals surface area contributed by atoms with Crippen molar-refractivity contribution in [1.82, 2.24) is 4.84 Å². The van der Waals surface area contributed by atoms with Crippen molar-refractivity contribution in [2.45, 2.75) is 6.42 Å². The van der Waals surface area contributed by atoms with Crippen LogP contribution in [0.1, 0.15) is 5.56 Å². The zero-order valence-electron chi connectivity index (χ0n) is 5.98. The van der Waals surface area contributed by atoms with Gasteiger partial charge in [0.2, 0.25) is 0 Å². The lowest BCUT2D eigenvalue weighted by Gasteiger charge is -1.98. The van der Waals surface area contributed by atoms with Gasteiger partial charge in [0.25, 0.3) is 0 Å². The maximum absolute atomic E-state index is 12.5. The molecule has 0 fully saturated rings. The van der Waals surface area contributed by atoms with Crippen LogP contribution in [0.5, 0.6) is 0 Å². The number of halogens is 2. The van der Waals surface area contributed by atoms with Gasteiger partial charge in [-0.15, -0.1) is 0 Å². The summed E-state index contributed by atoms with van der Waals surface area (Å²) in [7, 11) is 0. The summed E-state index contributed by atoms with van der Waals surface area (Å²) < 4.78 is 12.5. The molecule has 0 aliphatic rings. The third-order valence-corrected chi connectivity index (χ3v) is 1.59. The maximum Gasteiger partial charge on any atom is 0.123 e. The van der Waals surface area contributed by atoms with Crippen LogP contribution in [0.25, 0.3) is 0 Å². The van der Waals surface area contributed by atoms with Crippen molar-refractivity contribution in [2.24, 2.45) is 0 Å². The first-order chi connectivity index (χ1) is 5.33. The first kappa shape index (κ1) is 8.50. The Labute approximate surface area is 70.3 Å². The molecule has 0 aliphatic heterocycles. The van der Waals surface area contributed by atoms with E-state index in [9.17, 15) is 4.39 Å². The van der Waals surface area contributed by atoms with E-state index in [-0.39, 0.29) is 5.82 Å². The van der Waals surface area contributed by atoms with Gasteiger partial charge >= 0.3 is 0 Å². The highest BCUT2D eigenvalue weighted by Gasteiger charge is 1.93. The molecule has 0 saturated heterocycles. The average Bonchev–Trinajstić information content (AvgIpc) is 2.01.